The molecule has 0 aliphatic carbocycles. The van der Waals surface area contributed by atoms with Crippen molar-refractivity contribution in [2.45, 2.75) is 6.61 Å². The second-order valence-electron chi connectivity index (χ2n) is 3.62. The molecule has 0 saturated heterocycles. The Hall–Kier alpha value is -1.58. The first-order valence-electron chi connectivity index (χ1n) is 5.24. The average molecular weight is 249 g/mol. The third kappa shape index (κ3) is 3.44. The summed E-state index contributed by atoms with van der Waals surface area (Å²) in [5, 5.41) is 3.83. The fourth-order valence-corrected chi connectivity index (χ4v) is 1.61. The van der Waals surface area contributed by atoms with Gasteiger partial charge in [0.1, 0.15) is 5.82 Å². The summed E-state index contributed by atoms with van der Waals surface area (Å²) in [4.78, 5) is 4.17. The first kappa shape index (κ1) is 11.9. The van der Waals surface area contributed by atoms with Gasteiger partial charge in [-0.3, -0.25) is 0 Å². The van der Waals surface area contributed by atoms with Crippen molar-refractivity contribution in [3.05, 3.63) is 53.2 Å². The van der Waals surface area contributed by atoms with Crippen LogP contribution in [0.15, 0.2) is 42.6 Å². The Balaban J connectivity index is 2.12. The average Bonchev–Trinajstić information content (AvgIpc) is 2.33. The minimum atomic E-state index is 0.601. The van der Waals surface area contributed by atoms with Gasteiger partial charge in [0.05, 0.1) is 11.6 Å². The van der Waals surface area contributed by atoms with Gasteiger partial charge in [-0.25, -0.2) is 4.98 Å². The summed E-state index contributed by atoms with van der Waals surface area (Å²) in [7, 11) is 1.68. The van der Waals surface area contributed by atoms with Crippen LogP contribution < -0.4 is 5.32 Å². The normalized spacial score (nSPS) is 10.2. The maximum absolute atomic E-state index is 5.77. The van der Waals surface area contributed by atoms with E-state index in [-0.39, 0.29) is 0 Å². The standard InChI is InChI=1S/C13H13ClN2O/c1-17-9-10-3-2-4-12(7-10)16-13-6-5-11(14)8-15-13/h2-8H,9H2,1H3,(H,15,16). The third-order valence-corrected chi connectivity index (χ3v) is 2.46. The molecule has 3 nitrogen and oxygen atoms in total. The van der Waals surface area contributed by atoms with E-state index in [4.69, 9.17) is 16.3 Å². The predicted molar refractivity (Wildman–Crippen MR) is 69.7 cm³/mol. The number of benzene rings is 1. The minimum absolute atomic E-state index is 0.601. The molecule has 2 rings (SSSR count). The molecule has 0 atom stereocenters. The number of aromatic nitrogens is 1. The van der Waals surface area contributed by atoms with Gasteiger partial charge >= 0.3 is 0 Å². The number of rotatable bonds is 4. The highest BCUT2D eigenvalue weighted by Gasteiger charge is 1.98. The van der Waals surface area contributed by atoms with Crippen LogP contribution in [-0.4, -0.2) is 12.1 Å². The first-order valence-corrected chi connectivity index (χ1v) is 5.62. The molecule has 0 fully saturated rings. The molecular weight excluding hydrogens is 236 g/mol. The van der Waals surface area contributed by atoms with Crippen LogP contribution in [0, 0.1) is 0 Å². The topological polar surface area (TPSA) is 34.1 Å². The van der Waals surface area contributed by atoms with E-state index < -0.39 is 0 Å². The lowest BCUT2D eigenvalue weighted by molar-refractivity contribution is 0.185. The molecule has 0 saturated carbocycles. The molecule has 2 aromatic rings. The number of halogens is 1. The molecular formula is C13H13ClN2O. The molecule has 1 aromatic heterocycles. The molecule has 17 heavy (non-hydrogen) atoms. The van der Waals surface area contributed by atoms with E-state index in [2.05, 4.69) is 10.3 Å². The highest BCUT2D eigenvalue weighted by molar-refractivity contribution is 6.30. The van der Waals surface area contributed by atoms with Gasteiger partial charge < -0.3 is 10.1 Å². The Morgan fingerprint density at radius 3 is 2.88 bits per heavy atom. The third-order valence-electron chi connectivity index (χ3n) is 2.24. The lowest BCUT2D eigenvalue weighted by Crippen LogP contribution is -1.94. The number of methoxy groups -OCH3 is 1. The second kappa shape index (κ2) is 5.66. The Morgan fingerprint density at radius 2 is 2.18 bits per heavy atom. The van der Waals surface area contributed by atoms with Crippen LogP contribution in [0.1, 0.15) is 5.56 Å². The van der Waals surface area contributed by atoms with Crippen molar-refractivity contribution in [2.24, 2.45) is 0 Å². The van der Waals surface area contributed by atoms with Gasteiger partial charge in [-0.15, -0.1) is 0 Å². The zero-order chi connectivity index (χ0) is 12.1. The fraction of sp³-hybridized carbons (Fsp3) is 0.154. The van der Waals surface area contributed by atoms with Crippen LogP contribution >= 0.6 is 11.6 Å². The van der Waals surface area contributed by atoms with Crippen molar-refractivity contribution in [3.63, 3.8) is 0 Å². The van der Waals surface area contributed by atoms with E-state index in [0.717, 1.165) is 17.1 Å². The number of pyridine rings is 1. The summed E-state index contributed by atoms with van der Waals surface area (Å²) in [6.45, 7) is 0.601. The molecule has 0 bridgehead atoms. The van der Waals surface area contributed by atoms with E-state index in [0.29, 0.717) is 11.6 Å². The van der Waals surface area contributed by atoms with Crippen molar-refractivity contribution in [1.29, 1.82) is 0 Å². The van der Waals surface area contributed by atoms with Crippen molar-refractivity contribution in [2.75, 3.05) is 12.4 Å². The van der Waals surface area contributed by atoms with E-state index in [1.807, 2.05) is 30.3 Å². The molecule has 4 heteroatoms. The smallest absolute Gasteiger partial charge is 0.130 e. The summed E-state index contributed by atoms with van der Waals surface area (Å²) in [6.07, 6.45) is 1.61. The van der Waals surface area contributed by atoms with Crippen molar-refractivity contribution >= 4 is 23.1 Å². The second-order valence-corrected chi connectivity index (χ2v) is 4.06. The summed E-state index contributed by atoms with van der Waals surface area (Å²) < 4.78 is 5.09. The highest BCUT2D eigenvalue weighted by atomic mass is 35.5. The number of ether oxygens (including phenoxy) is 1. The molecule has 0 amide bonds. The lowest BCUT2D eigenvalue weighted by Gasteiger charge is -2.07. The van der Waals surface area contributed by atoms with Crippen LogP contribution in [-0.2, 0) is 11.3 Å². The van der Waals surface area contributed by atoms with Gasteiger partial charge in [-0.05, 0) is 29.8 Å². The van der Waals surface area contributed by atoms with Gasteiger partial charge in [-0.1, -0.05) is 23.7 Å². The number of hydrogen-bond donors (Lipinski definition) is 1. The Morgan fingerprint density at radius 1 is 1.29 bits per heavy atom. The van der Waals surface area contributed by atoms with Crippen LogP contribution in [0.4, 0.5) is 11.5 Å². The molecule has 0 unspecified atom stereocenters. The largest absolute Gasteiger partial charge is 0.380 e. The van der Waals surface area contributed by atoms with Crippen LogP contribution in [0.2, 0.25) is 5.02 Å². The summed E-state index contributed by atoms with van der Waals surface area (Å²) in [5.74, 6) is 0.768. The summed E-state index contributed by atoms with van der Waals surface area (Å²) in [5.41, 5.74) is 2.10. The number of hydrogen-bond acceptors (Lipinski definition) is 3. The lowest BCUT2D eigenvalue weighted by atomic mass is 10.2. The van der Waals surface area contributed by atoms with Gasteiger partial charge in [0.15, 0.2) is 0 Å². The number of nitrogens with one attached hydrogen (secondary N) is 1. The molecule has 88 valence electrons. The summed E-state index contributed by atoms with van der Waals surface area (Å²) in [6, 6.07) is 11.6. The Kier molecular flexibility index (Phi) is 3.96. The van der Waals surface area contributed by atoms with Crippen LogP contribution in [0.25, 0.3) is 0 Å². The van der Waals surface area contributed by atoms with Crippen LogP contribution in [0.5, 0.6) is 0 Å². The Bertz CT molecular complexity index is 485. The molecule has 0 aliphatic rings. The van der Waals surface area contributed by atoms with Crippen molar-refractivity contribution in [1.82, 2.24) is 4.98 Å². The van der Waals surface area contributed by atoms with E-state index in [1.165, 1.54) is 0 Å². The van der Waals surface area contributed by atoms with E-state index in [9.17, 15) is 0 Å². The molecule has 1 heterocycles. The van der Waals surface area contributed by atoms with Crippen molar-refractivity contribution < 1.29 is 4.74 Å². The zero-order valence-electron chi connectivity index (χ0n) is 9.48. The highest BCUT2D eigenvalue weighted by Crippen LogP contribution is 2.17. The molecule has 0 spiro atoms. The Labute approximate surface area is 105 Å². The number of anilines is 2. The monoisotopic (exact) mass is 248 g/mol. The maximum Gasteiger partial charge on any atom is 0.130 e. The van der Waals surface area contributed by atoms with Gasteiger partial charge in [0.2, 0.25) is 0 Å². The first-order chi connectivity index (χ1) is 8.28. The van der Waals surface area contributed by atoms with Crippen molar-refractivity contribution in [3.8, 4) is 0 Å². The zero-order valence-corrected chi connectivity index (χ0v) is 10.2. The molecule has 0 aliphatic heterocycles. The van der Waals surface area contributed by atoms with Gasteiger partial charge in [0.25, 0.3) is 0 Å². The minimum Gasteiger partial charge on any atom is -0.380 e. The quantitative estimate of drug-likeness (QED) is 0.897. The van der Waals surface area contributed by atoms with E-state index >= 15 is 0 Å². The van der Waals surface area contributed by atoms with E-state index in [1.54, 1.807) is 19.4 Å². The molecule has 1 aromatic carbocycles. The van der Waals surface area contributed by atoms with Gasteiger partial charge in [-0.2, -0.15) is 0 Å². The predicted octanol–water partition coefficient (Wildman–Crippen LogP) is 3.63. The fourth-order valence-electron chi connectivity index (χ4n) is 1.50. The number of nitrogens with zero attached hydrogens (tertiary/aromatic N) is 1. The molecule has 0 radical (unpaired) electrons. The SMILES string of the molecule is COCc1cccc(Nc2ccc(Cl)cn2)c1. The van der Waals surface area contributed by atoms with Crippen LogP contribution in [0.3, 0.4) is 0 Å². The molecule has 1 N–H and O–H groups in total. The summed E-state index contributed by atoms with van der Waals surface area (Å²) >= 11 is 5.77. The van der Waals surface area contributed by atoms with Gasteiger partial charge in [0, 0.05) is 19.0 Å². The maximum atomic E-state index is 5.77.